The highest BCUT2D eigenvalue weighted by atomic mass is 16.3. The zero-order valence-electron chi connectivity index (χ0n) is 9.17. The number of nitrogens with zero attached hydrogens (tertiary/aromatic N) is 2. The zero-order chi connectivity index (χ0) is 11.5. The standard InChI is InChI=1S/C12H15N3O/c1-9-4-2-3-5-10(9)12-14-6-7-15(12)11(16)8-13/h2-7,11,16H,8,13H2,1H3. The number of aliphatic hydroxyl groups excluding tert-OH is 1. The van der Waals surface area contributed by atoms with Crippen molar-refractivity contribution in [3.8, 4) is 11.4 Å². The van der Waals surface area contributed by atoms with Gasteiger partial charge in [0, 0.05) is 24.5 Å². The summed E-state index contributed by atoms with van der Waals surface area (Å²) in [7, 11) is 0. The maximum Gasteiger partial charge on any atom is 0.144 e. The highest BCUT2D eigenvalue weighted by Crippen LogP contribution is 2.23. The molecule has 3 N–H and O–H groups in total. The molecule has 0 saturated carbocycles. The minimum absolute atomic E-state index is 0.176. The monoisotopic (exact) mass is 217 g/mol. The van der Waals surface area contributed by atoms with Crippen LogP contribution < -0.4 is 5.73 Å². The van der Waals surface area contributed by atoms with E-state index in [9.17, 15) is 5.11 Å². The molecule has 4 nitrogen and oxygen atoms in total. The first-order valence-electron chi connectivity index (χ1n) is 5.21. The van der Waals surface area contributed by atoms with Gasteiger partial charge >= 0.3 is 0 Å². The van der Waals surface area contributed by atoms with E-state index in [2.05, 4.69) is 4.98 Å². The van der Waals surface area contributed by atoms with Crippen LogP contribution in [0.2, 0.25) is 0 Å². The van der Waals surface area contributed by atoms with Crippen LogP contribution in [0.15, 0.2) is 36.7 Å². The molecule has 0 aliphatic carbocycles. The molecule has 0 aliphatic heterocycles. The fraction of sp³-hybridized carbons (Fsp3) is 0.250. The molecule has 0 fully saturated rings. The van der Waals surface area contributed by atoms with E-state index in [1.54, 1.807) is 17.0 Å². The Morgan fingerprint density at radius 2 is 2.19 bits per heavy atom. The van der Waals surface area contributed by atoms with E-state index in [0.29, 0.717) is 0 Å². The van der Waals surface area contributed by atoms with Crippen molar-refractivity contribution in [1.29, 1.82) is 0 Å². The summed E-state index contributed by atoms with van der Waals surface area (Å²) < 4.78 is 1.68. The summed E-state index contributed by atoms with van der Waals surface area (Å²) in [5, 5.41) is 9.75. The predicted octanol–water partition coefficient (Wildman–Crippen LogP) is 1.31. The molecule has 0 aliphatic rings. The Hall–Kier alpha value is -1.65. The van der Waals surface area contributed by atoms with Crippen LogP contribution in [-0.2, 0) is 0 Å². The number of aryl methyl sites for hydroxylation is 1. The average molecular weight is 217 g/mol. The number of hydrogen-bond donors (Lipinski definition) is 2. The molecule has 1 aromatic carbocycles. The van der Waals surface area contributed by atoms with Gasteiger partial charge in [0.1, 0.15) is 12.1 Å². The second-order valence-electron chi connectivity index (χ2n) is 3.69. The van der Waals surface area contributed by atoms with Crippen LogP contribution in [0.3, 0.4) is 0 Å². The number of rotatable bonds is 3. The minimum atomic E-state index is -0.725. The van der Waals surface area contributed by atoms with Crippen LogP contribution in [0.4, 0.5) is 0 Å². The first-order chi connectivity index (χ1) is 7.74. The Balaban J connectivity index is 2.49. The minimum Gasteiger partial charge on any atom is -0.372 e. The van der Waals surface area contributed by atoms with Crippen molar-refractivity contribution in [2.24, 2.45) is 5.73 Å². The summed E-state index contributed by atoms with van der Waals surface area (Å²) in [6.07, 6.45) is 2.68. The molecular weight excluding hydrogens is 202 g/mol. The summed E-state index contributed by atoms with van der Waals surface area (Å²) in [4.78, 5) is 4.26. The third-order valence-corrected chi connectivity index (χ3v) is 2.59. The molecule has 1 heterocycles. The van der Waals surface area contributed by atoms with Gasteiger partial charge in [-0.3, -0.25) is 0 Å². The summed E-state index contributed by atoms with van der Waals surface area (Å²) >= 11 is 0. The van der Waals surface area contributed by atoms with Crippen molar-refractivity contribution in [2.45, 2.75) is 13.2 Å². The van der Waals surface area contributed by atoms with Crippen LogP contribution in [0.1, 0.15) is 11.8 Å². The fourth-order valence-electron chi connectivity index (χ4n) is 1.70. The molecular formula is C12H15N3O. The van der Waals surface area contributed by atoms with Gasteiger partial charge in [-0.2, -0.15) is 0 Å². The molecule has 1 atom stereocenters. The van der Waals surface area contributed by atoms with Gasteiger partial charge < -0.3 is 15.4 Å². The first-order valence-corrected chi connectivity index (χ1v) is 5.21. The van der Waals surface area contributed by atoms with Crippen LogP contribution in [-0.4, -0.2) is 21.2 Å². The van der Waals surface area contributed by atoms with Crippen molar-refractivity contribution in [1.82, 2.24) is 9.55 Å². The normalized spacial score (nSPS) is 12.7. The third-order valence-electron chi connectivity index (χ3n) is 2.59. The number of imidazole rings is 1. The molecule has 1 aromatic heterocycles. The van der Waals surface area contributed by atoms with Gasteiger partial charge in [0.2, 0.25) is 0 Å². The molecule has 0 amide bonds. The second-order valence-corrected chi connectivity index (χ2v) is 3.69. The lowest BCUT2D eigenvalue weighted by Gasteiger charge is -2.14. The highest BCUT2D eigenvalue weighted by molar-refractivity contribution is 5.60. The largest absolute Gasteiger partial charge is 0.372 e. The van der Waals surface area contributed by atoms with Crippen molar-refractivity contribution >= 4 is 0 Å². The zero-order valence-corrected chi connectivity index (χ0v) is 9.17. The van der Waals surface area contributed by atoms with Crippen LogP contribution in [0.25, 0.3) is 11.4 Å². The molecule has 16 heavy (non-hydrogen) atoms. The van der Waals surface area contributed by atoms with E-state index in [4.69, 9.17) is 5.73 Å². The number of benzene rings is 1. The molecule has 1 unspecified atom stereocenters. The van der Waals surface area contributed by atoms with Crippen molar-refractivity contribution < 1.29 is 5.11 Å². The second kappa shape index (κ2) is 4.47. The highest BCUT2D eigenvalue weighted by Gasteiger charge is 2.12. The van der Waals surface area contributed by atoms with Crippen LogP contribution >= 0.6 is 0 Å². The maximum atomic E-state index is 9.75. The summed E-state index contributed by atoms with van der Waals surface area (Å²) in [6.45, 7) is 2.19. The number of aromatic nitrogens is 2. The molecule has 0 spiro atoms. The lowest BCUT2D eigenvalue weighted by Crippen LogP contribution is -2.18. The Kier molecular flexibility index (Phi) is 3.03. The fourth-order valence-corrected chi connectivity index (χ4v) is 1.70. The van der Waals surface area contributed by atoms with Gasteiger partial charge in [-0.15, -0.1) is 0 Å². The van der Waals surface area contributed by atoms with Gasteiger partial charge in [0.15, 0.2) is 0 Å². The van der Waals surface area contributed by atoms with Crippen LogP contribution in [0, 0.1) is 6.92 Å². The van der Waals surface area contributed by atoms with Gasteiger partial charge in [-0.1, -0.05) is 24.3 Å². The Labute approximate surface area is 94.4 Å². The van der Waals surface area contributed by atoms with Gasteiger partial charge in [0.25, 0.3) is 0 Å². The Bertz CT molecular complexity index is 479. The topological polar surface area (TPSA) is 64.1 Å². The van der Waals surface area contributed by atoms with E-state index < -0.39 is 6.23 Å². The quantitative estimate of drug-likeness (QED) is 0.814. The van der Waals surface area contributed by atoms with Gasteiger partial charge in [0.05, 0.1) is 0 Å². The summed E-state index contributed by atoms with van der Waals surface area (Å²) in [6, 6.07) is 7.93. The molecule has 2 aromatic rings. The van der Waals surface area contributed by atoms with Crippen molar-refractivity contribution in [3.63, 3.8) is 0 Å². The summed E-state index contributed by atoms with van der Waals surface area (Å²) in [5.41, 5.74) is 7.59. The summed E-state index contributed by atoms with van der Waals surface area (Å²) in [5.74, 6) is 0.746. The lowest BCUT2D eigenvalue weighted by atomic mass is 10.1. The SMILES string of the molecule is Cc1ccccc1-c1nccn1C(O)CN. The first kappa shape index (κ1) is 10.9. The Morgan fingerprint density at radius 1 is 1.44 bits per heavy atom. The smallest absolute Gasteiger partial charge is 0.144 e. The number of hydrogen-bond acceptors (Lipinski definition) is 3. The molecule has 4 heteroatoms. The molecule has 0 bridgehead atoms. The molecule has 0 saturated heterocycles. The molecule has 0 radical (unpaired) electrons. The van der Waals surface area contributed by atoms with Gasteiger partial charge in [-0.25, -0.2) is 4.98 Å². The third kappa shape index (κ3) is 1.85. The van der Waals surface area contributed by atoms with Crippen molar-refractivity contribution in [3.05, 3.63) is 42.2 Å². The molecule has 2 rings (SSSR count). The van der Waals surface area contributed by atoms with E-state index in [-0.39, 0.29) is 6.54 Å². The van der Waals surface area contributed by atoms with Crippen molar-refractivity contribution in [2.75, 3.05) is 6.54 Å². The van der Waals surface area contributed by atoms with E-state index >= 15 is 0 Å². The van der Waals surface area contributed by atoms with Gasteiger partial charge in [-0.05, 0) is 12.5 Å². The number of aliphatic hydroxyl groups is 1. The maximum absolute atomic E-state index is 9.75. The lowest BCUT2D eigenvalue weighted by molar-refractivity contribution is 0.114. The van der Waals surface area contributed by atoms with Crippen LogP contribution in [0.5, 0.6) is 0 Å². The van der Waals surface area contributed by atoms with E-state index in [1.807, 2.05) is 31.2 Å². The average Bonchev–Trinajstić information content (AvgIpc) is 2.77. The molecule has 84 valence electrons. The Morgan fingerprint density at radius 3 is 2.88 bits per heavy atom. The van der Waals surface area contributed by atoms with E-state index in [0.717, 1.165) is 17.0 Å². The van der Waals surface area contributed by atoms with E-state index in [1.165, 1.54) is 0 Å². The predicted molar refractivity (Wildman–Crippen MR) is 62.7 cm³/mol. The number of nitrogens with two attached hydrogens (primary N) is 1.